The van der Waals surface area contributed by atoms with E-state index in [1.807, 2.05) is 36.5 Å². The van der Waals surface area contributed by atoms with E-state index in [9.17, 15) is 0 Å². The van der Waals surface area contributed by atoms with Gasteiger partial charge in [0.25, 0.3) is 0 Å². The van der Waals surface area contributed by atoms with Crippen LogP contribution in [0.5, 0.6) is 0 Å². The van der Waals surface area contributed by atoms with Gasteiger partial charge in [0.2, 0.25) is 0 Å². The van der Waals surface area contributed by atoms with Crippen LogP contribution in [0.3, 0.4) is 0 Å². The van der Waals surface area contributed by atoms with Gasteiger partial charge in [-0.1, -0.05) is 11.6 Å². The van der Waals surface area contributed by atoms with Gasteiger partial charge in [0.05, 0.1) is 6.54 Å². The second-order valence-corrected chi connectivity index (χ2v) is 5.07. The van der Waals surface area contributed by atoms with Crippen molar-refractivity contribution in [3.05, 3.63) is 58.0 Å². The van der Waals surface area contributed by atoms with Gasteiger partial charge in [-0.3, -0.25) is 0 Å². The molecule has 4 heteroatoms. The van der Waals surface area contributed by atoms with E-state index in [2.05, 4.69) is 26.6 Å². The van der Waals surface area contributed by atoms with Crippen molar-refractivity contribution in [1.29, 1.82) is 0 Å². The molecule has 17 heavy (non-hydrogen) atoms. The summed E-state index contributed by atoms with van der Waals surface area (Å²) in [5.41, 5.74) is 1.15. The predicted molar refractivity (Wildman–Crippen MR) is 72.5 cm³/mol. The van der Waals surface area contributed by atoms with Crippen LogP contribution in [0, 0.1) is 0 Å². The van der Waals surface area contributed by atoms with Crippen molar-refractivity contribution in [2.45, 2.75) is 6.54 Å². The molecule has 0 aliphatic carbocycles. The monoisotopic (exact) mass is 309 g/mol. The molecule has 0 saturated heterocycles. The maximum absolute atomic E-state index is 5.96. The lowest BCUT2D eigenvalue weighted by atomic mass is 10.2. The second kappa shape index (κ2) is 4.24. The number of halogens is 2. The molecule has 0 fully saturated rings. The fourth-order valence-electron chi connectivity index (χ4n) is 1.91. The maximum atomic E-state index is 5.96. The molecule has 3 rings (SSSR count). The maximum Gasteiger partial charge on any atom is 0.169 e. The highest BCUT2D eigenvalue weighted by Crippen LogP contribution is 2.22. The largest absolute Gasteiger partial charge is 0.452 e. The van der Waals surface area contributed by atoms with Gasteiger partial charge in [0, 0.05) is 22.1 Å². The Morgan fingerprint density at radius 2 is 2.06 bits per heavy atom. The highest BCUT2D eigenvalue weighted by Gasteiger charge is 2.05. The van der Waals surface area contributed by atoms with Crippen LogP contribution in [0.25, 0.3) is 10.9 Å². The van der Waals surface area contributed by atoms with E-state index in [-0.39, 0.29) is 0 Å². The van der Waals surface area contributed by atoms with Crippen molar-refractivity contribution in [2.75, 3.05) is 0 Å². The molecule has 2 aromatic heterocycles. The molecule has 0 N–H and O–H groups in total. The molecule has 86 valence electrons. The summed E-state index contributed by atoms with van der Waals surface area (Å²) in [4.78, 5) is 0. The fraction of sp³-hybridized carbons (Fsp3) is 0.0769. The molecule has 0 aliphatic rings. The first-order valence-electron chi connectivity index (χ1n) is 5.21. The average molecular weight is 311 g/mol. The van der Waals surface area contributed by atoms with Crippen LogP contribution in [0.1, 0.15) is 5.76 Å². The van der Waals surface area contributed by atoms with Gasteiger partial charge in [-0.15, -0.1) is 0 Å². The molecule has 2 heterocycles. The van der Waals surface area contributed by atoms with E-state index in [1.165, 1.54) is 0 Å². The van der Waals surface area contributed by atoms with Gasteiger partial charge < -0.3 is 8.98 Å². The van der Waals surface area contributed by atoms with Crippen LogP contribution >= 0.6 is 27.5 Å². The Balaban J connectivity index is 2.00. The van der Waals surface area contributed by atoms with Gasteiger partial charge in [0.1, 0.15) is 5.76 Å². The third-order valence-corrected chi connectivity index (χ3v) is 3.35. The van der Waals surface area contributed by atoms with Crippen molar-refractivity contribution < 1.29 is 4.42 Å². The highest BCUT2D eigenvalue weighted by atomic mass is 79.9. The van der Waals surface area contributed by atoms with E-state index in [0.717, 1.165) is 32.9 Å². The summed E-state index contributed by atoms with van der Waals surface area (Å²) in [6.45, 7) is 0.719. The molecule has 0 radical (unpaired) electrons. The van der Waals surface area contributed by atoms with Crippen molar-refractivity contribution in [3.8, 4) is 0 Å². The molecule has 0 unspecified atom stereocenters. The van der Waals surface area contributed by atoms with Crippen LogP contribution in [-0.2, 0) is 6.54 Å². The Hall–Kier alpha value is -1.19. The Morgan fingerprint density at radius 1 is 1.18 bits per heavy atom. The minimum absolute atomic E-state index is 0.719. The van der Waals surface area contributed by atoms with Gasteiger partial charge >= 0.3 is 0 Å². The number of furan rings is 1. The summed E-state index contributed by atoms with van der Waals surface area (Å²) >= 11 is 9.26. The number of nitrogens with zero attached hydrogens (tertiary/aromatic N) is 1. The number of fused-ring (bicyclic) bond motifs is 1. The topological polar surface area (TPSA) is 18.1 Å². The summed E-state index contributed by atoms with van der Waals surface area (Å²) in [6.07, 6.45) is 2.04. The zero-order valence-electron chi connectivity index (χ0n) is 8.86. The zero-order chi connectivity index (χ0) is 11.8. The summed E-state index contributed by atoms with van der Waals surface area (Å²) in [5, 5.41) is 1.90. The number of rotatable bonds is 2. The lowest BCUT2D eigenvalue weighted by molar-refractivity contribution is 0.477. The van der Waals surface area contributed by atoms with E-state index in [1.54, 1.807) is 0 Å². The predicted octanol–water partition coefficient (Wildman–Crippen LogP) is 4.70. The van der Waals surface area contributed by atoms with Gasteiger partial charge in [-0.25, -0.2) is 0 Å². The Bertz CT molecular complexity index is 671. The number of aromatic nitrogens is 1. The number of benzene rings is 1. The summed E-state index contributed by atoms with van der Waals surface area (Å²) in [6, 6.07) is 11.8. The molecule has 2 nitrogen and oxygen atoms in total. The molecular weight excluding hydrogens is 302 g/mol. The highest BCUT2D eigenvalue weighted by molar-refractivity contribution is 9.10. The van der Waals surface area contributed by atoms with Gasteiger partial charge in [-0.05, 0) is 52.3 Å². The molecule has 0 spiro atoms. The van der Waals surface area contributed by atoms with Crippen molar-refractivity contribution >= 4 is 38.4 Å². The first-order chi connectivity index (χ1) is 8.22. The molecule has 1 aromatic carbocycles. The molecule has 3 aromatic rings. The number of hydrogen-bond donors (Lipinski definition) is 0. The van der Waals surface area contributed by atoms with Crippen molar-refractivity contribution in [2.24, 2.45) is 0 Å². The van der Waals surface area contributed by atoms with Crippen LogP contribution in [0.15, 0.2) is 51.7 Å². The van der Waals surface area contributed by atoms with Gasteiger partial charge in [-0.2, -0.15) is 0 Å². The van der Waals surface area contributed by atoms with Crippen molar-refractivity contribution in [1.82, 2.24) is 4.57 Å². The standard InChI is InChI=1S/C13H9BrClNO/c14-13-4-2-11(17-13)8-16-6-5-9-7-10(15)1-3-12(9)16/h1-7H,8H2. The average Bonchev–Trinajstić information content (AvgIpc) is 2.86. The Labute approximate surface area is 112 Å². The third kappa shape index (κ3) is 2.13. The lowest BCUT2D eigenvalue weighted by Gasteiger charge is -2.02. The Morgan fingerprint density at radius 3 is 2.82 bits per heavy atom. The summed E-state index contributed by atoms with van der Waals surface area (Å²) in [5.74, 6) is 0.921. The molecular formula is C13H9BrClNO. The van der Waals surface area contributed by atoms with Crippen LogP contribution < -0.4 is 0 Å². The summed E-state index contributed by atoms with van der Waals surface area (Å²) in [7, 11) is 0. The molecule has 0 atom stereocenters. The zero-order valence-corrected chi connectivity index (χ0v) is 11.2. The lowest BCUT2D eigenvalue weighted by Crippen LogP contribution is -1.95. The third-order valence-electron chi connectivity index (χ3n) is 2.69. The fourth-order valence-corrected chi connectivity index (χ4v) is 2.43. The smallest absolute Gasteiger partial charge is 0.169 e. The quantitative estimate of drug-likeness (QED) is 0.671. The first kappa shape index (κ1) is 10.9. The molecule has 0 saturated carbocycles. The normalized spacial score (nSPS) is 11.2. The first-order valence-corrected chi connectivity index (χ1v) is 6.38. The van der Waals surface area contributed by atoms with Gasteiger partial charge in [0.15, 0.2) is 4.67 Å². The Kier molecular flexibility index (Phi) is 2.73. The van der Waals surface area contributed by atoms with E-state index < -0.39 is 0 Å². The minimum Gasteiger partial charge on any atom is -0.452 e. The van der Waals surface area contributed by atoms with E-state index in [0.29, 0.717) is 0 Å². The molecule has 0 aliphatic heterocycles. The number of hydrogen-bond acceptors (Lipinski definition) is 1. The van der Waals surface area contributed by atoms with E-state index in [4.69, 9.17) is 16.0 Å². The summed E-state index contributed by atoms with van der Waals surface area (Å²) < 4.78 is 8.39. The van der Waals surface area contributed by atoms with Crippen LogP contribution in [-0.4, -0.2) is 4.57 Å². The molecule has 0 amide bonds. The van der Waals surface area contributed by atoms with Crippen LogP contribution in [0.4, 0.5) is 0 Å². The van der Waals surface area contributed by atoms with E-state index >= 15 is 0 Å². The minimum atomic E-state index is 0.719. The van der Waals surface area contributed by atoms with Crippen molar-refractivity contribution in [3.63, 3.8) is 0 Å². The SMILES string of the molecule is Clc1ccc2c(ccn2Cc2ccc(Br)o2)c1. The van der Waals surface area contributed by atoms with Crippen LogP contribution in [0.2, 0.25) is 5.02 Å². The molecule has 0 bridgehead atoms. The second-order valence-electron chi connectivity index (χ2n) is 3.85.